The van der Waals surface area contributed by atoms with Crippen LogP contribution in [0.1, 0.15) is 6.42 Å². The second kappa shape index (κ2) is 4.09. The number of hydrogen-bond acceptors (Lipinski definition) is 3. The molecule has 1 heterocycles. The Morgan fingerprint density at radius 2 is 2.31 bits per heavy atom. The number of ether oxygens (including phenoxy) is 1. The second-order valence-corrected chi connectivity index (χ2v) is 3.76. The maximum Gasteiger partial charge on any atom is 0.228 e. The SMILES string of the molecule is COc1cccc(N2CC(N)CC2=O)c1F. The molecule has 2 rings (SSSR count). The molecule has 0 radical (unpaired) electrons. The zero-order chi connectivity index (χ0) is 11.7. The molecule has 1 amide bonds. The van der Waals surface area contributed by atoms with E-state index in [1.807, 2.05) is 0 Å². The normalized spacial score (nSPS) is 20.3. The zero-order valence-corrected chi connectivity index (χ0v) is 8.94. The van der Waals surface area contributed by atoms with Gasteiger partial charge in [-0.2, -0.15) is 0 Å². The standard InChI is InChI=1S/C11H13FN2O2/c1-16-9-4-2-3-8(11(9)12)14-6-7(13)5-10(14)15/h2-4,7H,5-6,13H2,1H3. The molecule has 0 aromatic heterocycles. The highest BCUT2D eigenvalue weighted by atomic mass is 19.1. The number of hydrogen-bond donors (Lipinski definition) is 1. The summed E-state index contributed by atoms with van der Waals surface area (Å²) in [6.07, 6.45) is 0.261. The molecule has 0 bridgehead atoms. The van der Waals surface area contributed by atoms with Gasteiger partial charge in [-0.1, -0.05) is 6.07 Å². The summed E-state index contributed by atoms with van der Waals surface area (Å²) in [4.78, 5) is 12.9. The van der Waals surface area contributed by atoms with Crippen molar-refractivity contribution in [3.05, 3.63) is 24.0 Å². The van der Waals surface area contributed by atoms with Crippen LogP contribution in [0.15, 0.2) is 18.2 Å². The summed E-state index contributed by atoms with van der Waals surface area (Å²) in [7, 11) is 1.39. The van der Waals surface area contributed by atoms with Crippen molar-refractivity contribution in [2.24, 2.45) is 5.73 Å². The van der Waals surface area contributed by atoms with Crippen molar-refractivity contribution < 1.29 is 13.9 Å². The fourth-order valence-electron chi connectivity index (χ4n) is 1.83. The molecule has 2 N–H and O–H groups in total. The van der Waals surface area contributed by atoms with Gasteiger partial charge in [0.2, 0.25) is 5.91 Å². The van der Waals surface area contributed by atoms with E-state index in [2.05, 4.69) is 0 Å². The minimum absolute atomic E-state index is 0.130. The smallest absolute Gasteiger partial charge is 0.228 e. The van der Waals surface area contributed by atoms with Crippen LogP contribution in [-0.4, -0.2) is 25.6 Å². The molecule has 0 aliphatic carbocycles. The van der Waals surface area contributed by atoms with Gasteiger partial charge in [0, 0.05) is 19.0 Å². The third-order valence-electron chi connectivity index (χ3n) is 2.61. The number of anilines is 1. The quantitative estimate of drug-likeness (QED) is 0.812. The molecule has 4 nitrogen and oxygen atoms in total. The van der Waals surface area contributed by atoms with Gasteiger partial charge in [-0.05, 0) is 12.1 Å². The van der Waals surface area contributed by atoms with E-state index in [1.54, 1.807) is 12.1 Å². The Labute approximate surface area is 92.8 Å². The van der Waals surface area contributed by atoms with Gasteiger partial charge in [0.1, 0.15) is 0 Å². The molecule has 5 heteroatoms. The lowest BCUT2D eigenvalue weighted by molar-refractivity contribution is -0.117. The summed E-state index contributed by atoms with van der Waals surface area (Å²) >= 11 is 0. The van der Waals surface area contributed by atoms with E-state index in [0.29, 0.717) is 6.54 Å². The number of amides is 1. The number of nitrogens with zero attached hydrogens (tertiary/aromatic N) is 1. The van der Waals surface area contributed by atoms with Crippen molar-refractivity contribution in [1.29, 1.82) is 0 Å². The first kappa shape index (κ1) is 10.9. The molecule has 0 saturated carbocycles. The minimum atomic E-state index is -0.521. The highest BCUT2D eigenvalue weighted by molar-refractivity contribution is 5.96. The largest absolute Gasteiger partial charge is 0.494 e. The molecule has 1 atom stereocenters. The molecule has 1 aromatic carbocycles. The van der Waals surface area contributed by atoms with Crippen molar-refractivity contribution in [2.75, 3.05) is 18.6 Å². The van der Waals surface area contributed by atoms with Crippen LogP contribution in [0.2, 0.25) is 0 Å². The summed E-state index contributed by atoms with van der Waals surface area (Å²) in [6, 6.07) is 4.49. The summed E-state index contributed by atoms with van der Waals surface area (Å²) in [6.45, 7) is 0.350. The van der Waals surface area contributed by atoms with Crippen LogP contribution < -0.4 is 15.4 Å². The highest BCUT2D eigenvalue weighted by Crippen LogP contribution is 2.29. The van der Waals surface area contributed by atoms with Crippen molar-refractivity contribution >= 4 is 11.6 Å². The van der Waals surface area contributed by atoms with Gasteiger partial charge in [-0.25, -0.2) is 4.39 Å². The van der Waals surface area contributed by atoms with E-state index < -0.39 is 5.82 Å². The van der Waals surface area contributed by atoms with E-state index in [0.717, 1.165) is 0 Å². The van der Waals surface area contributed by atoms with E-state index >= 15 is 0 Å². The molecular weight excluding hydrogens is 211 g/mol. The van der Waals surface area contributed by atoms with Gasteiger partial charge in [0.15, 0.2) is 11.6 Å². The maximum atomic E-state index is 13.9. The highest BCUT2D eigenvalue weighted by Gasteiger charge is 2.30. The van der Waals surface area contributed by atoms with Crippen LogP contribution in [0.3, 0.4) is 0 Å². The van der Waals surface area contributed by atoms with Gasteiger partial charge < -0.3 is 15.4 Å². The van der Waals surface area contributed by atoms with E-state index in [9.17, 15) is 9.18 Å². The van der Waals surface area contributed by atoms with Crippen molar-refractivity contribution in [2.45, 2.75) is 12.5 Å². The predicted octanol–water partition coefficient (Wildman–Crippen LogP) is 0.898. The summed E-state index contributed by atoms with van der Waals surface area (Å²) in [5.41, 5.74) is 5.89. The average Bonchev–Trinajstić information content (AvgIpc) is 2.58. The fraction of sp³-hybridized carbons (Fsp3) is 0.364. The van der Waals surface area contributed by atoms with Gasteiger partial charge >= 0.3 is 0 Å². The Balaban J connectivity index is 2.37. The molecule has 1 fully saturated rings. The van der Waals surface area contributed by atoms with E-state index in [-0.39, 0.29) is 29.8 Å². The van der Waals surface area contributed by atoms with Crippen LogP contribution in [0.5, 0.6) is 5.75 Å². The van der Waals surface area contributed by atoms with Crippen molar-refractivity contribution in [3.8, 4) is 5.75 Å². The first-order valence-corrected chi connectivity index (χ1v) is 5.02. The summed E-state index contributed by atoms with van der Waals surface area (Å²) in [5, 5.41) is 0. The Morgan fingerprint density at radius 3 is 2.88 bits per heavy atom. The number of carbonyl (C=O) groups excluding carboxylic acids is 1. The van der Waals surface area contributed by atoms with Crippen LogP contribution in [0, 0.1) is 5.82 Å². The number of nitrogens with two attached hydrogens (primary N) is 1. The van der Waals surface area contributed by atoms with Crippen LogP contribution in [0.4, 0.5) is 10.1 Å². The maximum absolute atomic E-state index is 13.9. The lowest BCUT2D eigenvalue weighted by Gasteiger charge is -2.17. The molecular formula is C11H13FN2O2. The number of rotatable bonds is 2. The third kappa shape index (κ3) is 1.74. The Hall–Kier alpha value is -1.62. The van der Waals surface area contributed by atoms with Gasteiger partial charge in [-0.15, -0.1) is 0 Å². The monoisotopic (exact) mass is 224 g/mol. The van der Waals surface area contributed by atoms with Crippen molar-refractivity contribution in [3.63, 3.8) is 0 Å². The zero-order valence-electron chi connectivity index (χ0n) is 8.94. The lowest BCUT2D eigenvalue weighted by atomic mass is 10.2. The molecule has 16 heavy (non-hydrogen) atoms. The first-order chi connectivity index (χ1) is 7.63. The van der Waals surface area contributed by atoms with E-state index in [1.165, 1.54) is 18.1 Å². The average molecular weight is 224 g/mol. The molecule has 1 saturated heterocycles. The van der Waals surface area contributed by atoms with Crippen LogP contribution >= 0.6 is 0 Å². The topological polar surface area (TPSA) is 55.6 Å². The van der Waals surface area contributed by atoms with Gasteiger partial charge in [-0.3, -0.25) is 4.79 Å². The van der Waals surface area contributed by atoms with Crippen molar-refractivity contribution in [1.82, 2.24) is 0 Å². The third-order valence-corrected chi connectivity index (χ3v) is 2.61. The van der Waals surface area contributed by atoms with Crippen LogP contribution in [0.25, 0.3) is 0 Å². The second-order valence-electron chi connectivity index (χ2n) is 3.76. The molecule has 0 spiro atoms. The Bertz CT molecular complexity index is 422. The Kier molecular flexibility index (Phi) is 2.78. The lowest BCUT2D eigenvalue weighted by Crippen LogP contribution is -2.28. The summed E-state index contributed by atoms with van der Waals surface area (Å²) < 4.78 is 18.7. The minimum Gasteiger partial charge on any atom is -0.494 e. The number of methoxy groups -OCH3 is 1. The van der Waals surface area contributed by atoms with Gasteiger partial charge in [0.25, 0.3) is 0 Å². The molecule has 1 aliphatic heterocycles. The van der Waals surface area contributed by atoms with Gasteiger partial charge in [0.05, 0.1) is 12.8 Å². The Morgan fingerprint density at radius 1 is 1.56 bits per heavy atom. The molecule has 1 aliphatic rings. The number of halogens is 1. The predicted molar refractivity (Wildman–Crippen MR) is 57.9 cm³/mol. The first-order valence-electron chi connectivity index (χ1n) is 5.02. The molecule has 86 valence electrons. The molecule has 1 aromatic rings. The van der Waals surface area contributed by atoms with Crippen LogP contribution in [-0.2, 0) is 4.79 Å². The van der Waals surface area contributed by atoms with E-state index in [4.69, 9.17) is 10.5 Å². The molecule has 1 unspecified atom stereocenters. The number of carbonyl (C=O) groups is 1. The number of benzene rings is 1. The fourth-order valence-corrected chi connectivity index (χ4v) is 1.83. The summed E-state index contributed by atoms with van der Waals surface area (Å²) in [5.74, 6) is -0.544.